The minimum atomic E-state index is -4.96. The number of aromatic carboxylic acids is 1. The molecule has 1 amide bonds. The summed E-state index contributed by atoms with van der Waals surface area (Å²) in [5, 5.41) is 11.0. The third-order valence-corrected chi connectivity index (χ3v) is 4.09. The van der Waals surface area contributed by atoms with Gasteiger partial charge in [0, 0.05) is 6.08 Å². The molecule has 0 radical (unpaired) electrons. The van der Waals surface area contributed by atoms with Gasteiger partial charge in [-0.25, -0.2) is 9.18 Å². The van der Waals surface area contributed by atoms with Crippen molar-refractivity contribution in [2.45, 2.75) is 18.4 Å². The summed E-state index contributed by atoms with van der Waals surface area (Å²) in [5.74, 6) is -2.76. The first-order valence-corrected chi connectivity index (χ1v) is 8.49. The molecule has 166 valence electrons. The largest absolute Gasteiger partial charge is 0.478 e. The molecule has 0 spiro atoms. The molecule has 2 aromatic carbocycles. The minimum Gasteiger partial charge on any atom is -0.478 e. The number of rotatable bonds is 6. The number of carboxylic acids is 1. The van der Waals surface area contributed by atoms with Crippen LogP contribution < -0.4 is 5.32 Å². The molecule has 2 aromatic rings. The van der Waals surface area contributed by atoms with Gasteiger partial charge >= 0.3 is 18.3 Å². The van der Waals surface area contributed by atoms with Crippen LogP contribution in [0.3, 0.4) is 0 Å². The Morgan fingerprint density at radius 3 is 2.23 bits per heavy atom. The topological polar surface area (TPSA) is 66.4 Å². The molecule has 2 N–H and O–H groups in total. The Morgan fingerprint density at radius 2 is 1.68 bits per heavy atom. The summed E-state index contributed by atoms with van der Waals surface area (Å²) in [7, 11) is 0. The normalized spacial score (nSPS) is 13.3. The molecule has 0 saturated heterocycles. The molecule has 1 unspecified atom stereocenters. The highest BCUT2D eigenvalue weighted by atomic mass is 19.4. The highest BCUT2D eigenvalue weighted by molar-refractivity contribution is 5.93. The fraction of sp³-hybridized carbons (Fsp3) is 0.200. The van der Waals surface area contributed by atoms with E-state index in [0.717, 1.165) is 36.4 Å². The summed E-state index contributed by atoms with van der Waals surface area (Å²) >= 11 is 0. The third-order valence-electron chi connectivity index (χ3n) is 4.09. The van der Waals surface area contributed by atoms with Gasteiger partial charge in [0.25, 0.3) is 0 Å². The predicted octanol–water partition coefficient (Wildman–Crippen LogP) is 5.26. The molecule has 0 aliphatic rings. The molecule has 11 heteroatoms. The van der Waals surface area contributed by atoms with Crippen LogP contribution in [0.5, 0.6) is 0 Å². The number of halogens is 7. The Balaban J connectivity index is 2.20. The number of alkyl halides is 7. The van der Waals surface area contributed by atoms with Crippen LogP contribution in [-0.2, 0) is 17.1 Å². The molecular weight excluding hydrogens is 435 g/mol. The Labute approximate surface area is 171 Å². The molecular formula is C20H14F7NO3. The molecule has 0 aliphatic heterocycles. The zero-order valence-corrected chi connectivity index (χ0v) is 15.4. The zero-order valence-electron chi connectivity index (χ0n) is 15.4. The van der Waals surface area contributed by atoms with Crippen LogP contribution >= 0.6 is 0 Å². The second-order valence-corrected chi connectivity index (χ2v) is 6.28. The van der Waals surface area contributed by atoms with Gasteiger partial charge in [-0.3, -0.25) is 4.79 Å². The Bertz CT molecular complexity index is 997. The van der Waals surface area contributed by atoms with E-state index in [1.54, 1.807) is 0 Å². The van der Waals surface area contributed by atoms with Crippen LogP contribution in [-0.4, -0.2) is 23.7 Å². The molecule has 0 fully saturated rings. The quantitative estimate of drug-likeness (QED) is 0.467. The summed E-state index contributed by atoms with van der Waals surface area (Å²) in [4.78, 5) is 22.9. The van der Waals surface area contributed by atoms with E-state index in [1.807, 2.05) is 0 Å². The van der Waals surface area contributed by atoms with Crippen molar-refractivity contribution in [3.8, 4) is 0 Å². The number of carbonyl (C=O) groups excluding carboxylic acids is 1. The van der Waals surface area contributed by atoms with Crippen molar-refractivity contribution < 1.29 is 45.4 Å². The van der Waals surface area contributed by atoms with Crippen molar-refractivity contribution in [2.75, 3.05) is 6.67 Å². The van der Waals surface area contributed by atoms with Gasteiger partial charge in [-0.15, -0.1) is 0 Å². The first kappa shape index (κ1) is 23.9. The van der Waals surface area contributed by atoms with E-state index < -0.39 is 53.6 Å². The fourth-order valence-corrected chi connectivity index (χ4v) is 2.62. The SMILES string of the molecule is O=C(/C=C/c1ccc(C(=O)O)c(C(F)(F)F)c1)NC(CF)c1cccc(C(F)(F)F)c1. The lowest BCUT2D eigenvalue weighted by Crippen LogP contribution is -2.28. The van der Waals surface area contributed by atoms with E-state index >= 15 is 0 Å². The maximum Gasteiger partial charge on any atom is 0.417 e. The summed E-state index contributed by atoms with van der Waals surface area (Å²) in [5.41, 5.74) is -3.75. The Kier molecular flexibility index (Phi) is 7.09. The van der Waals surface area contributed by atoms with Crippen LogP contribution in [0, 0.1) is 0 Å². The molecule has 4 nitrogen and oxygen atoms in total. The second kappa shape index (κ2) is 9.19. The van der Waals surface area contributed by atoms with Crippen LogP contribution in [0.25, 0.3) is 6.08 Å². The minimum absolute atomic E-state index is 0.149. The van der Waals surface area contributed by atoms with Crippen LogP contribution in [0.1, 0.15) is 38.7 Å². The number of hydrogen-bond acceptors (Lipinski definition) is 2. The first-order chi connectivity index (χ1) is 14.3. The Hall–Kier alpha value is -3.37. The van der Waals surface area contributed by atoms with Crippen molar-refractivity contribution in [3.05, 3.63) is 76.4 Å². The third kappa shape index (κ3) is 6.30. The van der Waals surface area contributed by atoms with Crippen LogP contribution in [0.2, 0.25) is 0 Å². The molecule has 0 bridgehead atoms. The average molecular weight is 449 g/mol. The Morgan fingerprint density at radius 1 is 1.00 bits per heavy atom. The first-order valence-electron chi connectivity index (χ1n) is 8.49. The highest BCUT2D eigenvalue weighted by Crippen LogP contribution is 2.33. The van der Waals surface area contributed by atoms with E-state index in [4.69, 9.17) is 5.11 Å². The molecule has 2 rings (SSSR count). The number of hydrogen-bond donors (Lipinski definition) is 2. The lowest BCUT2D eigenvalue weighted by atomic mass is 10.0. The number of carbonyl (C=O) groups is 2. The predicted molar refractivity (Wildman–Crippen MR) is 95.7 cm³/mol. The lowest BCUT2D eigenvalue weighted by Gasteiger charge is -2.16. The van der Waals surface area contributed by atoms with Gasteiger partial charge in [0.1, 0.15) is 6.67 Å². The number of carboxylic acid groups (broad SMARTS) is 1. The highest BCUT2D eigenvalue weighted by Gasteiger charge is 2.35. The molecule has 0 aliphatic carbocycles. The fourth-order valence-electron chi connectivity index (χ4n) is 2.62. The van der Waals surface area contributed by atoms with E-state index in [9.17, 15) is 40.3 Å². The van der Waals surface area contributed by atoms with Crippen molar-refractivity contribution >= 4 is 18.0 Å². The van der Waals surface area contributed by atoms with E-state index in [0.29, 0.717) is 12.1 Å². The molecule has 31 heavy (non-hydrogen) atoms. The van der Waals surface area contributed by atoms with Crippen molar-refractivity contribution in [1.29, 1.82) is 0 Å². The average Bonchev–Trinajstić information content (AvgIpc) is 2.69. The van der Waals surface area contributed by atoms with Crippen LogP contribution in [0.4, 0.5) is 30.7 Å². The van der Waals surface area contributed by atoms with Crippen LogP contribution in [0.15, 0.2) is 48.5 Å². The van der Waals surface area contributed by atoms with Gasteiger partial charge in [-0.2, -0.15) is 26.3 Å². The smallest absolute Gasteiger partial charge is 0.417 e. The van der Waals surface area contributed by atoms with Gasteiger partial charge in [0.2, 0.25) is 5.91 Å². The molecule has 1 atom stereocenters. The van der Waals surface area contributed by atoms with Gasteiger partial charge in [-0.1, -0.05) is 18.2 Å². The maximum absolute atomic E-state index is 13.3. The number of amides is 1. The van der Waals surface area contributed by atoms with Crippen molar-refractivity contribution in [2.24, 2.45) is 0 Å². The molecule has 0 aromatic heterocycles. The van der Waals surface area contributed by atoms with Gasteiger partial charge in [0.05, 0.1) is 22.7 Å². The monoisotopic (exact) mass is 449 g/mol. The van der Waals surface area contributed by atoms with E-state index in [-0.39, 0.29) is 11.1 Å². The van der Waals surface area contributed by atoms with Gasteiger partial charge in [0.15, 0.2) is 0 Å². The van der Waals surface area contributed by atoms with Gasteiger partial charge in [-0.05, 0) is 41.5 Å². The lowest BCUT2D eigenvalue weighted by molar-refractivity contribution is -0.138. The summed E-state index contributed by atoms with van der Waals surface area (Å²) in [6.45, 7) is -1.23. The summed E-state index contributed by atoms with van der Waals surface area (Å²) in [6, 6.07) is 4.53. The number of nitrogens with one attached hydrogen (secondary N) is 1. The van der Waals surface area contributed by atoms with E-state index in [1.165, 1.54) is 6.07 Å². The number of benzene rings is 2. The standard InChI is InChI=1S/C20H14F7NO3/c21-10-16(12-2-1-3-13(9-12)19(22,23)24)28-17(29)7-5-11-4-6-14(18(30)31)15(8-11)20(25,26)27/h1-9,16H,10H2,(H,28,29)(H,30,31)/b7-5+. The second-order valence-electron chi connectivity index (χ2n) is 6.28. The molecule has 0 saturated carbocycles. The van der Waals surface area contributed by atoms with Crippen molar-refractivity contribution in [3.63, 3.8) is 0 Å². The molecule has 0 heterocycles. The maximum atomic E-state index is 13.3. The van der Waals surface area contributed by atoms with Gasteiger partial charge < -0.3 is 10.4 Å². The van der Waals surface area contributed by atoms with E-state index in [2.05, 4.69) is 5.32 Å². The zero-order chi connectivity index (χ0) is 23.4. The summed E-state index contributed by atoms with van der Waals surface area (Å²) < 4.78 is 90.7. The van der Waals surface area contributed by atoms with Crippen molar-refractivity contribution in [1.82, 2.24) is 5.32 Å². The summed E-state index contributed by atoms with van der Waals surface area (Å²) in [6.07, 6.45) is -7.94.